The summed E-state index contributed by atoms with van der Waals surface area (Å²) in [5.41, 5.74) is 1.68. The zero-order valence-electron chi connectivity index (χ0n) is 14.5. The van der Waals surface area contributed by atoms with Gasteiger partial charge in [-0.05, 0) is 26.0 Å². The first-order valence-corrected chi connectivity index (χ1v) is 7.49. The third kappa shape index (κ3) is 4.23. The Kier molecular flexibility index (Phi) is 5.53. The minimum Gasteiger partial charge on any atom is -0.497 e. The second-order valence-electron chi connectivity index (χ2n) is 5.35. The molecular formula is C17H19N3O5. The van der Waals surface area contributed by atoms with Gasteiger partial charge < -0.3 is 14.8 Å². The van der Waals surface area contributed by atoms with Gasteiger partial charge in [0.1, 0.15) is 5.75 Å². The lowest BCUT2D eigenvalue weighted by Gasteiger charge is -2.07. The standard InChI is InChI=1S/C17H19N3O5/c1-10-15(11(2)20(3)19-10)16(22)17(23)25-9-14(21)18-12-6-5-7-13(8-12)24-4/h5-8H,9H2,1-4H3,(H,18,21). The molecule has 1 amide bonds. The van der Waals surface area contributed by atoms with Crippen LogP contribution < -0.4 is 10.1 Å². The van der Waals surface area contributed by atoms with Crippen LogP contribution in [-0.4, -0.2) is 41.2 Å². The number of Topliss-reactive ketones (excluding diaryl/α,β-unsaturated/α-hetero) is 1. The molecule has 0 bridgehead atoms. The molecule has 2 aromatic rings. The molecule has 0 aliphatic heterocycles. The number of aromatic nitrogens is 2. The number of esters is 1. The first-order chi connectivity index (χ1) is 11.8. The SMILES string of the molecule is COc1cccc(NC(=O)COC(=O)C(=O)c2c(C)nn(C)c2C)c1. The largest absolute Gasteiger partial charge is 0.497 e. The van der Waals surface area contributed by atoms with E-state index in [2.05, 4.69) is 10.4 Å². The van der Waals surface area contributed by atoms with E-state index < -0.39 is 24.3 Å². The average molecular weight is 345 g/mol. The van der Waals surface area contributed by atoms with E-state index in [1.807, 2.05) is 0 Å². The predicted molar refractivity (Wildman–Crippen MR) is 89.6 cm³/mol. The summed E-state index contributed by atoms with van der Waals surface area (Å²) in [5.74, 6) is -1.90. The van der Waals surface area contributed by atoms with Crippen molar-refractivity contribution in [2.24, 2.45) is 7.05 Å². The second-order valence-corrected chi connectivity index (χ2v) is 5.35. The van der Waals surface area contributed by atoms with Crippen LogP contribution in [0.1, 0.15) is 21.7 Å². The van der Waals surface area contributed by atoms with Crippen molar-refractivity contribution in [3.63, 3.8) is 0 Å². The van der Waals surface area contributed by atoms with Crippen LogP contribution in [0.15, 0.2) is 24.3 Å². The van der Waals surface area contributed by atoms with Crippen LogP contribution in [0.2, 0.25) is 0 Å². The van der Waals surface area contributed by atoms with Crippen molar-refractivity contribution < 1.29 is 23.9 Å². The molecule has 0 saturated heterocycles. The van der Waals surface area contributed by atoms with E-state index in [-0.39, 0.29) is 5.56 Å². The molecule has 0 unspecified atom stereocenters. The molecule has 0 spiro atoms. The summed E-state index contributed by atoms with van der Waals surface area (Å²) < 4.78 is 11.4. The maximum Gasteiger partial charge on any atom is 0.380 e. The lowest BCUT2D eigenvalue weighted by atomic mass is 10.1. The van der Waals surface area contributed by atoms with Gasteiger partial charge in [-0.25, -0.2) is 4.79 Å². The van der Waals surface area contributed by atoms with Gasteiger partial charge in [0.15, 0.2) is 6.61 Å². The lowest BCUT2D eigenvalue weighted by molar-refractivity contribution is -0.142. The van der Waals surface area contributed by atoms with Gasteiger partial charge in [0, 0.05) is 24.5 Å². The number of rotatable bonds is 6. The summed E-state index contributed by atoms with van der Waals surface area (Å²) in [6.07, 6.45) is 0. The van der Waals surface area contributed by atoms with Gasteiger partial charge in [-0.1, -0.05) is 6.07 Å². The van der Waals surface area contributed by atoms with Crippen molar-refractivity contribution in [1.29, 1.82) is 0 Å². The number of aryl methyl sites for hydroxylation is 2. The fraction of sp³-hybridized carbons (Fsp3) is 0.294. The summed E-state index contributed by atoms with van der Waals surface area (Å²) in [6.45, 7) is 2.74. The van der Waals surface area contributed by atoms with E-state index in [1.165, 1.54) is 11.8 Å². The Morgan fingerprint density at radius 1 is 1.24 bits per heavy atom. The molecule has 8 nitrogen and oxygen atoms in total. The van der Waals surface area contributed by atoms with Crippen LogP contribution in [-0.2, 0) is 21.4 Å². The van der Waals surface area contributed by atoms with Crippen molar-refractivity contribution in [2.45, 2.75) is 13.8 Å². The molecule has 2 rings (SSSR count). The third-order valence-corrected chi connectivity index (χ3v) is 3.61. The second kappa shape index (κ2) is 7.61. The van der Waals surface area contributed by atoms with E-state index >= 15 is 0 Å². The molecule has 0 radical (unpaired) electrons. The lowest BCUT2D eigenvalue weighted by Crippen LogP contribution is -2.25. The fourth-order valence-electron chi connectivity index (χ4n) is 2.30. The number of nitrogens with one attached hydrogen (secondary N) is 1. The van der Waals surface area contributed by atoms with Crippen molar-refractivity contribution in [2.75, 3.05) is 19.0 Å². The molecule has 0 atom stereocenters. The molecule has 1 heterocycles. The highest BCUT2D eigenvalue weighted by Crippen LogP contribution is 2.16. The highest BCUT2D eigenvalue weighted by atomic mass is 16.5. The Labute approximate surface area is 144 Å². The zero-order chi connectivity index (χ0) is 18.6. The van der Waals surface area contributed by atoms with Crippen LogP contribution in [0.4, 0.5) is 5.69 Å². The number of ketones is 1. The maximum absolute atomic E-state index is 12.2. The van der Waals surface area contributed by atoms with Crippen LogP contribution in [0.25, 0.3) is 0 Å². The number of hydrogen-bond donors (Lipinski definition) is 1. The first-order valence-electron chi connectivity index (χ1n) is 7.49. The van der Waals surface area contributed by atoms with Crippen LogP contribution in [0.5, 0.6) is 5.75 Å². The molecule has 1 aromatic carbocycles. The number of amides is 1. The number of anilines is 1. The van der Waals surface area contributed by atoms with Crippen molar-refractivity contribution in [3.8, 4) is 5.75 Å². The summed E-state index contributed by atoms with van der Waals surface area (Å²) in [4.78, 5) is 35.9. The van der Waals surface area contributed by atoms with Gasteiger partial charge in [0.25, 0.3) is 11.7 Å². The highest BCUT2D eigenvalue weighted by molar-refractivity contribution is 6.41. The van der Waals surface area contributed by atoms with E-state index in [4.69, 9.17) is 9.47 Å². The molecule has 0 aliphatic rings. The molecule has 1 N–H and O–H groups in total. The van der Waals surface area contributed by atoms with Crippen LogP contribution >= 0.6 is 0 Å². The van der Waals surface area contributed by atoms with E-state index in [9.17, 15) is 14.4 Å². The Morgan fingerprint density at radius 3 is 2.56 bits per heavy atom. The number of ether oxygens (including phenoxy) is 2. The monoisotopic (exact) mass is 345 g/mol. The van der Waals surface area contributed by atoms with E-state index in [0.717, 1.165) is 0 Å². The quantitative estimate of drug-likeness (QED) is 0.483. The number of carbonyl (C=O) groups excluding carboxylic acids is 3. The molecule has 8 heteroatoms. The Balaban J connectivity index is 1.94. The number of hydrogen-bond acceptors (Lipinski definition) is 6. The molecule has 0 aliphatic carbocycles. The summed E-state index contributed by atoms with van der Waals surface area (Å²) in [7, 11) is 3.18. The normalized spacial score (nSPS) is 10.2. The van der Waals surface area contributed by atoms with Crippen molar-refractivity contribution in [1.82, 2.24) is 9.78 Å². The Hall–Kier alpha value is -3.16. The molecule has 25 heavy (non-hydrogen) atoms. The molecule has 0 saturated carbocycles. The number of nitrogens with zero attached hydrogens (tertiary/aromatic N) is 2. The highest BCUT2D eigenvalue weighted by Gasteiger charge is 2.25. The average Bonchev–Trinajstić information content (AvgIpc) is 2.84. The van der Waals surface area contributed by atoms with Gasteiger partial charge in [-0.3, -0.25) is 14.3 Å². The topological polar surface area (TPSA) is 99.5 Å². The van der Waals surface area contributed by atoms with E-state index in [1.54, 1.807) is 45.2 Å². The maximum atomic E-state index is 12.2. The van der Waals surface area contributed by atoms with Gasteiger partial charge in [-0.2, -0.15) is 5.10 Å². The van der Waals surface area contributed by atoms with E-state index in [0.29, 0.717) is 22.8 Å². The van der Waals surface area contributed by atoms with Crippen molar-refractivity contribution >= 4 is 23.3 Å². The van der Waals surface area contributed by atoms with Gasteiger partial charge >= 0.3 is 5.97 Å². The summed E-state index contributed by atoms with van der Waals surface area (Å²) in [6, 6.07) is 6.72. The summed E-state index contributed by atoms with van der Waals surface area (Å²) >= 11 is 0. The smallest absolute Gasteiger partial charge is 0.380 e. The predicted octanol–water partition coefficient (Wildman–Crippen LogP) is 1.41. The molecule has 0 fully saturated rings. The molecule has 132 valence electrons. The van der Waals surface area contributed by atoms with Gasteiger partial charge in [0.2, 0.25) is 0 Å². The van der Waals surface area contributed by atoms with Crippen LogP contribution in [0.3, 0.4) is 0 Å². The molecular weight excluding hydrogens is 326 g/mol. The number of carbonyl (C=O) groups is 3. The van der Waals surface area contributed by atoms with Gasteiger partial charge in [0.05, 0.1) is 18.4 Å². The Bertz CT molecular complexity index is 826. The van der Waals surface area contributed by atoms with Crippen LogP contribution in [0, 0.1) is 13.8 Å². The Morgan fingerprint density at radius 2 is 1.96 bits per heavy atom. The number of benzene rings is 1. The first kappa shape index (κ1) is 18.2. The number of methoxy groups -OCH3 is 1. The zero-order valence-corrected chi connectivity index (χ0v) is 14.5. The third-order valence-electron chi connectivity index (χ3n) is 3.61. The minimum absolute atomic E-state index is 0.195. The van der Waals surface area contributed by atoms with Crippen molar-refractivity contribution in [3.05, 3.63) is 41.2 Å². The minimum atomic E-state index is -1.10. The fourth-order valence-corrected chi connectivity index (χ4v) is 2.30. The molecule has 1 aromatic heterocycles. The van der Waals surface area contributed by atoms with Gasteiger partial charge in [-0.15, -0.1) is 0 Å². The summed E-state index contributed by atoms with van der Waals surface area (Å²) in [5, 5.41) is 6.63.